The summed E-state index contributed by atoms with van der Waals surface area (Å²) < 4.78 is 27.4. The van der Waals surface area contributed by atoms with E-state index in [1.54, 1.807) is 17.5 Å². The van der Waals surface area contributed by atoms with Gasteiger partial charge in [0.25, 0.3) is 11.5 Å². The van der Waals surface area contributed by atoms with E-state index >= 15 is 0 Å². The molecule has 1 aliphatic rings. The second-order valence-electron chi connectivity index (χ2n) is 5.90. The second kappa shape index (κ2) is 6.40. The summed E-state index contributed by atoms with van der Waals surface area (Å²) in [6, 6.07) is 4.30. The van der Waals surface area contributed by atoms with E-state index in [1.165, 1.54) is 33.3 Å². The molecule has 3 heterocycles. The summed E-state index contributed by atoms with van der Waals surface area (Å²) in [6.45, 7) is 4.26. The highest BCUT2D eigenvalue weighted by atomic mass is 32.2. The number of hydrogen-bond donors (Lipinski definition) is 1. The number of carbonyl (C=O) groups excluding carboxylic acids is 1. The number of rotatable bonds is 3. The first-order valence-corrected chi connectivity index (χ1v) is 10.1. The van der Waals surface area contributed by atoms with E-state index in [-0.39, 0.29) is 22.6 Å². The Balaban J connectivity index is 1.94. The molecule has 2 aromatic rings. The van der Waals surface area contributed by atoms with Gasteiger partial charge in [0.1, 0.15) is 5.56 Å². The minimum absolute atomic E-state index is 0.0571. The average molecular weight is 381 g/mol. The molecule has 7 nitrogen and oxygen atoms in total. The van der Waals surface area contributed by atoms with Crippen molar-refractivity contribution >= 4 is 27.3 Å². The number of carbonyl (C=O) groups is 1. The van der Waals surface area contributed by atoms with Gasteiger partial charge in [0.15, 0.2) is 0 Å². The van der Waals surface area contributed by atoms with Crippen LogP contribution in [0.15, 0.2) is 33.3 Å². The molecular weight excluding hydrogens is 362 g/mol. The zero-order chi connectivity index (χ0) is 18.4. The Kier molecular flexibility index (Phi) is 4.56. The van der Waals surface area contributed by atoms with E-state index < -0.39 is 22.0 Å². The van der Waals surface area contributed by atoms with Gasteiger partial charge in [-0.25, -0.2) is 8.42 Å². The normalized spacial score (nSPS) is 19.4. The number of aryl methyl sites for hydroxylation is 1. The summed E-state index contributed by atoms with van der Waals surface area (Å²) in [4.78, 5) is 25.9. The summed E-state index contributed by atoms with van der Waals surface area (Å²) in [5.41, 5.74) is 0.498. The van der Waals surface area contributed by atoms with Crippen LogP contribution in [0.3, 0.4) is 0 Å². The fourth-order valence-electron chi connectivity index (χ4n) is 2.97. The first-order valence-electron chi connectivity index (χ1n) is 7.82. The van der Waals surface area contributed by atoms with Gasteiger partial charge in [0, 0.05) is 30.7 Å². The molecular formula is C16H19N3O4S2. The summed E-state index contributed by atoms with van der Waals surface area (Å²) in [7, 11) is -2.03. The van der Waals surface area contributed by atoms with Crippen LogP contribution < -0.4 is 10.9 Å². The van der Waals surface area contributed by atoms with E-state index in [9.17, 15) is 18.0 Å². The van der Waals surface area contributed by atoms with E-state index in [0.29, 0.717) is 11.4 Å². The summed E-state index contributed by atoms with van der Waals surface area (Å²) in [5.74, 6) is -0.496. The lowest BCUT2D eigenvalue weighted by Crippen LogP contribution is -2.44. The van der Waals surface area contributed by atoms with Gasteiger partial charge in [-0.3, -0.25) is 9.59 Å². The van der Waals surface area contributed by atoms with Crippen molar-refractivity contribution in [1.29, 1.82) is 0 Å². The molecule has 3 rings (SSSR count). The molecule has 0 spiro atoms. The molecule has 1 N–H and O–H groups in total. The van der Waals surface area contributed by atoms with Crippen LogP contribution in [0.2, 0.25) is 0 Å². The van der Waals surface area contributed by atoms with Crippen LogP contribution in [0.1, 0.15) is 33.9 Å². The third-order valence-electron chi connectivity index (χ3n) is 4.36. The number of likely N-dealkylation sites (N-methyl/N-ethyl adjacent to an activating group) is 1. The largest absolute Gasteiger partial charge is 0.343 e. The Bertz CT molecular complexity index is 991. The Morgan fingerprint density at radius 2 is 2.08 bits per heavy atom. The maximum Gasteiger partial charge on any atom is 0.263 e. The maximum absolute atomic E-state index is 12.6. The highest BCUT2D eigenvalue weighted by Crippen LogP contribution is 2.35. The van der Waals surface area contributed by atoms with E-state index in [4.69, 9.17) is 0 Å². The quantitative estimate of drug-likeness (QED) is 0.869. The zero-order valence-corrected chi connectivity index (χ0v) is 15.8. The van der Waals surface area contributed by atoms with Crippen molar-refractivity contribution in [2.75, 3.05) is 13.6 Å². The predicted octanol–water partition coefficient (Wildman–Crippen LogP) is 1.34. The number of fused-ring (bicyclic) bond motifs is 1. The second-order valence-corrected chi connectivity index (χ2v) is 8.86. The number of hydrogen-bond acceptors (Lipinski definition) is 5. The molecule has 1 amide bonds. The molecule has 0 radical (unpaired) electrons. The topological polar surface area (TPSA) is 88.5 Å². The molecule has 0 bridgehead atoms. The molecule has 25 heavy (non-hydrogen) atoms. The molecule has 0 fully saturated rings. The van der Waals surface area contributed by atoms with Gasteiger partial charge in [-0.2, -0.15) is 4.31 Å². The highest BCUT2D eigenvalue weighted by Gasteiger charge is 2.36. The third kappa shape index (κ3) is 2.92. The van der Waals surface area contributed by atoms with Crippen molar-refractivity contribution in [3.8, 4) is 0 Å². The van der Waals surface area contributed by atoms with Crippen LogP contribution in [0.25, 0.3) is 0 Å². The number of pyridine rings is 1. The molecule has 0 aliphatic carbocycles. The van der Waals surface area contributed by atoms with E-state index in [0.717, 1.165) is 5.69 Å². The minimum atomic E-state index is -3.51. The Labute approximate surface area is 150 Å². The predicted molar refractivity (Wildman–Crippen MR) is 95.5 cm³/mol. The fraction of sp³-hybridized carbons (Fsp3) is 0.375. The molecule has 0 aromatic carbocycles. The summed E-state index contributed by atoms with van der Waals surface area (Å²) in [5, 5.41) is 4.50. The maximum atomic E-state index is 12.6. The zero-order valence-electron chi connectivity index (χ0n) is 14.1. The monoisotopic (exact) mass is 381 g/mol. The van der Waals surface area contributed by atoms with Crippen LogP contribution in [0.5, 0.6) is 0 Å². The molecule has 2 aromatic heterocycles. The molecule has 1 aliphatic heterocycles. The van der Waals surface area contributed by atoms with Crippen molar-refractivity contribution in [2.24, 2.45) is 0 Å². The molecule has 0 saturated carbocycles. The van der Waals surface area contributed by atoms with Gasteiger partial charge < -0.3 is 9.88 Å². The molecule has 1 atom stereocenters. The highest BCUT2D eigenvalue weighted by molar-refractivity contribution is 7.89. The van der Waals surface area contributed by atoms with Gasteiger partial charge in [0.05, 0.1) is 10.9 Å². The smallest absolute Gasteiger partial charge is 0.263 e. The van der Waals surface area contributed by atoms with Crippen LogP contribution in [0.4, 0.5) is 0 Å². The number of thiophene rings is 1. The first-order chi connectivity index (χ1) is 11.8. The van der Waals surface area contributed by atoms with Crippen molar-refractivity contribution in [3.63, 3.8) is 0 Å². The van der Waals surface area contributed by atoms with Crippen LogP contribution in [-0.2, 0) is 16.6 Å². The van der Waals surface area contributed by atoms with Gasteiger partial charge in [-0.05, 0) is 37.4 Å². The van der Waals surface area contributed by atoms with E-state index in [2.05, 4.69) is 5.32 Å². The third-order valence-corrected chi connectivity index (χ3v) is 7.40. The molecule has 0 saturated heterocycles. The number of amides is 1. The standard InChI is InChI=1S/C16H19N3O4S2/c1-4-19-10(2)5-6-11(16(19)21)15(20)17-12-9-18(3)25(22,23)13-7-8-24-14(12)13/h5-8,12H,4,9H2,1-3H3,(H,17,20). The number of nitrogens with one attached hydrogen (secondary N) is 1. The lowest BCUT2D eigenvalue weighted by atomic mass is 10.2. The van der Waals surface area contributed by atoms with Crippen LogP contribution >= 0.6 is 11.3 Å². The van der Waals surface area contributed by atoms with Crippen molar-refractivity contribution in [2.45, 2.75) is 31.3 Å². The van der Waals surface area contributed by atoms with Gasteiger partial charge in [-0.1, -0.05) is 0 Å². The first kappa shape index (κ1) is 17.8. The van der Waals surface area contributed by atoms with Gasteiger partial charge in [0.2, 0.25) is 10.0 Å². The number of nitrogens with zero attached hydrogens (tertiary/aromatic N) is 2. The van der Waals surface area contributed by atoms with Gasteiger partial charge >= 0.3 is 0 Å². The Hall–Kier alpha value is -1.97. The lowest BCUT2D eigenvalue weighted by molar-refractivity contribution is 0.0929. The lowest BCUT2D eigenvalue weighted by Gasteiger charge is -2.29. The Morgan fingerprint density at radius 1 is 1.36 bits per heavy atom. The SMILES string of the molecule is CCn1c(C)ccc(C(=O)NC2CN(C)S(=O)(=O)c3ccsc32)c1=O. The summed E-state index contributed by atoms with van der Waals surface area (Å²) >= 11 is 1.29. The van der Waals surface area contributed by atoms with E-state index in [1.807, 2.05) is 13.8 Å². The van der Waals surface area contributed by atoms with Crippen LogP contribution in [-0.4, -0.2) is 36.8 Å². The average Bonchev–Trinajstić information content (AvgIpc) is 3.04. The Morgan fingerprint density at radius 3 is 2.76 bits per heavy atom. The van der Waals surface area contributed by atoms with Crippen molar-refractivity contribution in [1.82, 2.24) is 14.2 Å². The number of sulfonamides is 1. The minimum Gasteiger partial charge on any atom is -0.343 e. The van der Waals surface area contributed by atoms with Crippen molar-refractivity contribution in [3.05, 3.63) is 50.1 Å². The fourth-order valence-corrected chi connectivity index (χ4v) is 5.66. The molecule has 9 heteroatoms. The van der Waals surface area contributed by atoms with Crippen LogP contribution in [0, 0.1) is 6.92 Å². The van der Waals surface area contributed by atoms with Crippen molar-refractivity contribution < 1.29 is 13.2 Å². The number of aromatic nitrogens is 1. The molecule has 1 unspecified atom stereocenters. The summed E-state index contributed by atoms with van der Waals surface area (Å²) in [6.07, 6.45) is 0. The van der Waals surface area contributed by atoms with Gasteiger partial charge in [-0.15, -0.1) is 11.3 Å². The molecule has 134 valence electrons.